The maximum atomic E-state index is 12.4. The summed E-state index contributed by atoms with van der Waals surface area (Å²) in [6, 6.07) is 14.1. The van der Waals surface area contributed by atoms with E-state index in [1.54, 1.807) is 55.5 Å². The first-order chi connectivity index (χ1) is 13.9. The lowest BCUT2D eigenvalue weighted by Gasteiger charge is -2.13. The van der Waals surface area contributed by atoms with Crippen molar-refractivity contribution < 1.29 is 24.2 Å². The van der Waals surface area contributed by atoms with Gasteiger partial charge in [0.05, 0.1) is 11.9 Å². The number of hydrogen-bond donors (Lipinski definition) is 3. The van der Waals surface area contributed by atoms with Crippen molar-refractivity contribution in [3.05, 3.63) is 60.7 Å². The first-order valence-electron chi connectivity index (χ1n) is 8.90. The molecule has 7 nitrogen and oxygen atoms in total. The Labute approximate surface area is 173 Å². The van der Waals surface area contributed by atoms with Crippen LogP contribution in [0.3, 0.4) is 0 Å². The Balaban J connectivity index is 1.87. The number of anilines is 2. The number of carboxylic acids is 1. The third-order valence-corrected chi connectivity index (χ3v) is 4.73. The zero-order chi connectivity index (χ0) is 21.2. The van der Waals surface area contributed by atoms with Crippen LogP contribution in [0.2, 0.25) is 0 Å². The second kappa shape index (κ2) is 10.9. The first-order valence-corrected chi connectivity index (χ1v) is 9.77. The molecule has 0 spiro atoms. The molecule has 152 valence electrons. The topological polar surface area (TPSA) is 105 Å². The van der Waals surface area contributed by atoms with Gasteiger partial charge in [-0.2, -0.15) is 0 Å². The van der Waals surface area contributed by atoms with Crippen LogP contribution in [-0.4, -0.2) is 34.7 Å². The summed E-state index contributed by atoms with van der Waals surface area (Å²) in [5.41, 5.74) is 1.22. The smallest absolute Gasteiger partial charge is 0.328 e. The molecule has 1 atom stereocenters. The number of benzene rings is 2. The Kier molecular flexibility index (Phi) is 8.29. The summed E-state index contributed by atoms with van der Waals surface area (Å²) in [5, 5.41) is 13.6. The van der Waals surface area contributed by atoms with Gasteiger partial charge in [0.25, 0.3) is 0 Å². The largest absolute Gasteiger partial charge is 0.494 e. The van der Waals surface area contributed by atoms with Gasteiger partial charge in [-0.15, -0.1) is 11.8 Å². The van der Waals surface area contributed by atoms with E-state index in [2.05, 4.69) is 10.6 Å². The third kappa shape index (κ3) is 7.71. The molecule has 0 aliphatic heterocycles. The fourth-order valence-electron chi connectivity index (χ4n) is 2.25. The van der Waals surface area contributed by atoms with Gasteiger partial charge in [0, 0.05) is 28.4 Å². The highest BCUT2D eigenvalue weighted by atomic mass is 32.2. The van der Waals surface area contributed by atoms with E-state index < -0.39 is 11.9 Å². The van der Waals surface area contributed by atoms with Gasteiger partial charge in [-0.1, -0.05) is 0 Å². The zero-order valence-corrected chi connectivity index (χ0v) is 16.9. The van der Waals surface area contributed by atoms with Crippen molar-refractivity contribution in [2.75, 3.05) is 17.2 Å². The molecule has 0 aromatic heterocycles. The lowest BCUT2D eigenvalue weighted by molar-refractivity contribution is -0.131. The first kappa shape index (κ1) is 22.0. The molecule has 0 fully saturated rings. The van der Waals surface area contributed by atoms with Crippen molar-refractivity contribution in [1.29, 1.82) is 0 Å². The molecule has 1 unspecified atom stereocenters. The second-order valence-electron chi connectivity index (χ2n) is 5.89. The maximum absolute atomic E-state index is 12.4. The van der Waals surface area contributed by atoms with Crippen molar-refractivity contribution in [2.24, 2.45) is 0 Å². The van der Waals surface area contributed by atoms with Crippen molar-refractivity contribution in [3.63, 3.8) is 0 Å². The number of aliphatic carboxylic acids is 1. The van der Waals surface area contributed by atoms with Crippen LogP contribution in [0.5, 0.6) is 5.75 Å². The number of carbonyl (C=O) groups excluding carboxylic acids is 2. The molecular formula is C21H22N2O5S. The average molecular weight is 414 g/mol. The van der Waals surface area contributed by atoms with Crippen molar-refractivity contribution in [1.82, 2.24) is 0 Å². The molecule has 29 heavy (non-hydrogen) atoms. The minimum absolute atomic E-state index is 0.129. The standard InChI is InChI=1S/C21H22N2O5S/c1-3-28-17-8-4-16(5-9-17)23-21(27)14(2)29-18-10-6-15(7-11-18)22-19(24)12-13-20(25)26/h4-14H,3H2,1-2H3,(H,22,24)(H,23,27)(H,25,26)/b13-12+. The van der Waals surface area contributed by atoms with Crippen LogP contribution >= 0.6 is 11.8 Å². The molecule has 0 radical (unpaired) electrons. The number of amides is 2. The molecule has 0 aliphatic rings. The summed E-state index contributed by atoms with van der Waals surface area (Å²) in [7, 11) is 0. The Hall–Kier alpha value is -3.26. The van der Waals surface area contributed by atoms with Gasteiger partial charge in [-0.3, -0.25) is 9.59 Å². The van der Waals surface area contributed by atoms with Gasteiger partial charge < -0.3 is 20.5 Å². The normalized spacial score (nSPS) is 11.7. The lowest BCUT2D eigenvalue weighted by atomic mass is 10.3. The number of carbonyl (C=O) groups is 3. The number of thioether (sulfide) groups is 1. The summed E-state index contributed by atoms with van der Waals surface area (Å²) in [4.78, 5) is 35.2. The molecule has 0 heterocycles. The van der Waals surface area contributed by atoms with Crippen LogP contribution in [0.25, 0.3) is 0 Å². The Morgan fingerprint density at radius 1 is 1.00 bits per heavy atom. The van der Waals surface area contributed by atoms with Crippen LogP contribution in [-0.2, 0) is 14.4 Å². The van der Waals surface area contributed by atoms with E-state index in [9.17, 15) is 14.4 Å². The third-order valence-electron chi connectivity index (χ3n) is 3.61. The fourth-order valence-corrected chi connectivity index (χ4v) is 3.12. The number of hydrogen-bond acceptors (Lipinski definition) is 5. The van der Waals surface area contributed by atoms with Crippen molar-refractivity contribution >= 4 is 40.9 Å². The molecule has 2 rings (SSSR count). The van der Waals surface area contributed by atoms with Gasteiger partial charge in [0.1, 0.15) is 5.75 Å². The minimum atomic E-state index is -1.19. The summed E-state index contributed by atoms with van der Waals surface area (Å²) < 4.78 is 5.38. The van der Waals surface area contributed by atoms with Crippen LogP contribution in [0.15, 0.2) is 65.6 Å². The molecule has 3 N–H and O–H groups in total. The van der Waals surface area contributed by atoms with E-state index in [4.69, 9.17) is 9.84 Å². The van der Waals surface area contributed by atoms with Gasteiger partial charge in [0.15, 0.2) is 0 Å². The number of ether oxygens (including phenoxy) is 1. The van der Waals surface area contributed by atoms with Crippen LogP contribution in [0.4, 0.5) is 11.4 Å². The molecule has 2 amide bonds. The average Bonchev–Trinajstić information content (AvgIpc) is 2.69. The number of rotatable bonds is 9. The number of carboxylic acid groups (broad SMARTS) is 1. The molecule has 0 saturated heterocycles. The van der Waals surface area contributed by atoms with Gasteiger partial charge in [0.2, 0.25) is 11.8 Å². The summed E-state index contributed by atoms with van der Waals surface area (Å²) in [6.45, 7) is 4.30. The molecule has 0 aliphatic carbocycles. The fraction of sp³-hybridized carbons (Fsp3) is 0.190. The van der Waals surface area contributed by atoms with Crippen LogP contribution in [0.1, 0.15) is 13.8 Å². The maximum Gasteiger partial charge on any atom is 0.328 e. The second-order valence-corrected chi connectivity index (χ2v) is 7.31. The van der Waals surface area contributed by atoms with Crippen LogP contribution < -0.4 is 15.4 Å². The highest BCUT2D eigenvalue weighted by Gasteiger charge is 2.14. The van der Waals surface area contributed by atoms with Crippen molar-refractivity contribution in [3.8, 4) is 5.75 Å². The molecule has 8 heteroatoms. The van der Waals surface area contributed by atoms with E-state index in [-0.39, 0.29) is 11.2 Å². The predicted molar refractivity (Wildman–Crippen MR) is 113 cm³/mol. The Morgan fingerprint density at radius 3 is 2.17 bits per heavy atom. The highest BCUT2D eigenvalue weighted by molar-refractivity contribution is 8.00. The van der Waals surface area contributed by atoms with E-state index in [1.807, 2.05) is 6.92 Å². The van der Waals surface area contributed by atoms with Gasteiger partial charge in [-0.05, 0) is 62.4 Å². The molecule has 0 saturated carbocycles. The Morgan fingerprint density at radius 2 is 1.59 bits per heavy atom. The molecule has 2 aromatic rings. The summed E-state index contributed by atoms with van der Waals surface area (Å²) in [6.07, 6.45) is 1.71. The van der Waals surface area contributed by atoms with E-state index in [0.717, 1.165) is 22.8 Å². The summed E-state index contributed by atoms with van der Waals surface area (Å²) >= 11 is 1.38. The van der Waals surface area contributed by atoms with E-state index >= 15 is 0 Å². The SMILES string of the molecule is CCOc1ccc(NC(=O)C(C)Sc2ccc(NC(=O)/C=C/C(=O)O)cc2)cc1. The summed E-state index contributed by atoms with van der Waals surface area (Å²) in [5.74, 6) is -1.10. The monoisotopic (exact) mass is 414 g/mol. The Bertz CT molecular complexity index is 879. The highest BCUT2D eigenvalue weighted by Crippen LogP contribution is 2.26. The van der Waals surface area contributed by atoms with Crippen molar-refractivity contribution in [2.45, 2.75) is 24.0 Å². The van der Waals surface area contributed by atoms with Gasteiger partial charge in [-0.25, -0.2) is 4.79 Å². The lowest BCUT2D eigenvalue weighted by Crippen LogP contribution is -2.22. The number of nitrogens with one attached hydrogen (secondary N) is 2. The quantitative estimate of drug-likeness (QED) is 0.426. The minimum Gasteiger partial charge on any atom is -0.494 e. The van der Waals surface area contributed by atoms with Crippen LogP contribution in [0, 0.1) is 0 Å². The molecule has 2 aromatic carbocycles. The predicted octanol–water partition coefficient (Wildman–Crippen LogP) is 3.78. The molecule has 0 bridgehead atoms. The van der Waals surface area contributed by atoms with Gasteiger partial charge >= 0.3 is 5.97 Å². The van der Waals surface area contributed by atoms with E-state index in [0.29, 0.717) is 18.0 Å². The van der Waals surface area contributed by atoms with E-state index in [1.165, 1.54) is 11.8 Å². The molecular weight excluding hydrogens is 392 g/mol. The zero-order valence-electron chi connectivity index (χ0n) is 16.0.